The standard InChI is InChI=1S/C22H25N3O3S/c1-13(2)11-25-12-15-9-18(26)17(20(23)29)10-16(15)19(14-7-5-4-6-8-14)21(25)24(3)22(27)28/h4-8,10,12-13,17H,9,11H2,1-3H3,(H2,23,29)(H,27,28). The summed E-state index contributed by atoms with van der Waals surface area (Å²) in [4.78, 5) is 27.8. The van der Waals surface area contributed by atoms with Gasteiger partial charge in [-0.3, -0.25) is 9.69 Å². The molecule has 7 heteroatoms. The number of nitrogens with zero attached hydrogens (tertiary/aromatic N) is 2. The highest BCUT2D eigenvalue weighted by Gasteiger charge is 2.36. The highest BCUT2D eigenvalue weighted by Crippen LogP contribution is 2.43. The van der Waals surface area contributed by atoms with Crippen molar-refractivity contribution >= 4 is 34.7 Å². The molecule has 29 heavy (non-hydrogen) atoms. The van der Waals surface area contributed by atoms with Crippen LogP contribution in [-0.4, -0.2) is 45.4 Å². The van der Waals surface area contributed by atoms with Crippen molar-refractivity contribution in [2.75, 3.05) is 13.6 Å². The number of carboxylic acid groups (broad SMARTS) is 1. The van der Waals surface area contributed by atoms with Gasteiger partial charge in [0.2, 0.25) is 0 Å². The first-order valence-corrected chi connectivity index (χ1v) is 9.89. The number of benzene rings is 1. The highest BCUT2D eigenvalue weighted by molar-refractivity contribution is 7.80. The Morgan fingerprint density at radius 2 is 2.00 bits per heavy atom. The monoisotopic (exact) mass is 411 g/mol. The van der Waals surface area contributed by atoms with Gasteiger partial charge in [0.25, 0.3) is 0 Å². The Morgan fingerprint density at radius 3 is 2.55 bits per heavy atom. The summed E-state index contributed by atoms with van der Waals surface area (Å²) in [6.45, 7) is 4.76. The first kappa shape index (κ1) is 20.8. The molecule has 1 unspecified atom stereocenters. The zero-order valence-corrected chi connectivity index (χ0v) is 17.6. The third-order valence-corrected chi connectivity index (χ3v) is 5.26. The Kier molecular flexibility index (Phi) is 5.88. The van der Waals surface area contributed by atoms with Gasteiger partial charge >= 0.3 is 6.09 Å². The van der Waals surface area contributed by atoms with Crippen LogP contribution in [0.1, 0.15) is 25.8 Å². The van der Waals surface area contributed by atoms with Gasteiger partial charge in [-0.1, -0.05) is 62.5 Å². The SMILES string of the molecule is CC(C)CN1C=C2CC(=O)C(C(N)=S)C=C2C(c2ccccc2)=C1N(C)C(=O)O. The van der Waals surface area contributed by atoms with E-state index in [0.717, 1.165) is 22.3 Å². The van der Waals surface area contributed by atoms with Crippen molar-refractivity contribution in [3.63, 3.8) is 0 Å². The molecule has 0 bridgehead atoms. The van der Waals surface area contributed by atoms with Crippen molar-refractivity contribution in [2.24, 2.45) is 17.6 Å². The maximum atomic E-state index is 12.6. The van der Waals surface area contributed by atoms with Crippen molar-refractivity contribution in [1.82, 2.24) is 9.80 Å². The number of ketones is 1. The first-order valence-electron chi connectivity index (χ1n) is 9.49. The summed E-state index contributed by atoms with van der Waals surface area (Å²) in [5.41, 5.74) is 9.12. The van der Waals surface area contributed by atoms with Crippen LogP contribution in [0.3, 0.4) is 0 Å². The average molecular weight is 412 g/mol. The second-order valence-corrected chi connectivity index (χ2v) is 8.18. The summed E-state index contributed by atoms with van der Waals surface area (Å²) in [7, 11) is 1.53. The van der Waals surface area contributed by atoms with Crippen LogP contribution >= 0.6 is 12.2 Å². The van der Waals surface area contributed by atoms with E-state index in [-0.39, 0.29) is 23.1 Å². The van der Waals surface area contributed by atoms with Gasteiger partial charge in [0, 0.05) is 31.8 Å². The lowest BCUT2D eigenvalue weighted by molar-refractivity contribution is -0.119. The van der Waals surface area contributed by atoms with E-state index < -0.39 is 12.0 Å². The van der Waals surface area contributed by atoms with Crippen molar-refractivity contribution < 1.29 is 14.7 Å². The van der Waals surface area contributed by atoms with Crippen LogP contribution in [0, 0.1) is 11.8 Å². The number of rotatable bonds is 5. The van der Waals surface area contributed by atoms with Crippen molar-refractivity contribution in [2.45, 2.75) is 20.3 Å². The molecule has 0 radical (unpaired) electrons. The van der Waals surface area contributed by atoms with E-state index in [1.807, 2.05) is 41.4 Å². The minimum atomic E-state index is -1.06. The molecular formula is C22H25N3O3S. The van der Waals surface area contributed by atoms with E-state index in [0.29, 0.717) is 12.4 Å². The molecule has 1 aliphatic heterocycles. The lowest BCUT2D eigenvalue weighted by Crippen LogP contribution is -2.40. The van der Waals surface area contributed by atoms with Crippen LogP contribution < -0.4 is 5.73 Å². The summed E-state index contributed by atoms with van der Waals surface area (Å²) in [5.74, 6) is 0.155. The number of hydrogen-bond acceptors (Lipinski definition) is 4. The van der Waals surface area contributed by atoms with E-state index >= 15 is 0 Å². The Bertz CT molecular complexity index is 947. The minimum absolute atomic E-state index is 0.0422. The molecule has 0 spiro atoms. The molecular weight excluding hydrogens is 386 g/mol. The molecule has 1 atom stereocenters. The van der Waals surface area contributed by atoms with Crippen LogP contribution in [0.2, 0.25) is 0 Å². The second-order valence-electron chi connectivity index (χ2n) is 7.71. The number of nitrogens with two attached hydrogens (primary N) is 1. The van der Waals surface area contributed by atoms with Crippen LogP contribution in [-0.2, 0) is 4.79 Å². The molecule has 2 aliphatic rings. The third kappa shape index (κ3) is 4.10. The van der Waals surface area contributed by atoms with Gasteiger partial charge in [0.05, 0.1) is 10.9 Å². The molecule has 3 N–H and O–H groups in total. The molecule has 1 heterocycles. The largest absolute Gasteiger partial charge is 0.465 e. The molecule has 6 nitrogen and oxygen atoms in total. The predicted octanol–water partition coefficient (Wildman–Crippen LogP) is 3.62. The fraction of sp³-hybridized carbons (Fsp3) is 0.318. The molecule has 3 rings (SSSR count). The van der Waals surface area contributed by atoms with Crippen LogP contribution in [0.25, 0.3) is 5.57 Å². The lowest BCUT2D eigenvalue weighted by Gasteiger charge is -2.39. The molecule has 1 amide bonds. The zero-order chi connectivity index (χ0) is 21.3. The number of thiocarbonyl (C=S) groups is 1. The number of carbonyl (C=O) groups is 2. The number of hydrogen-bond donors (Lipinski definition) is 2. The summed E-state index contributed by atoms with van der Waals surface area (Å²) in [5, 5.41) is 9.76. The average Bonchev–Trinajstić information content (AvgIpc) is 2.65. The Morgan fingerprint density at radius 1 is 1.34 bits per heavy atom. The molecule has 1 aromatic carbocycles. The van der Waals surface area contributed by atoms with Crippen molar-refractivity contribution in [3.8, 4) is 0 Å². The highest BCUT2D eigenvalue weighted by atomic mass is 32.1. The third-order valence-electron chi connectivity index (χ3n) is 5.00. The number of carbonyl (C=O) groups excluding carboxylic acids is 1. The van der Waals surface area contributed by atoms with Crippen LogP contribution in [0.4, 0.5) is 4.79 Å². The first-order chi connectivity index (χ1) is 13.7. The van der Waals surface area contributed by atoms with Crippen LogP contribution in [0.15, 0.2) is 59.6 Å². The van der Waals surface area contributed by atoms with E-state index in [4.69, 9.17) is 18.0 Å². The zero-order valence-electron chi connectivity index (χ0n) is 16.8. The van der Waals surface area contributed by atoms with Gasteiger partial charge in [-0.05, 0) is 22.6 Å². The van der Waals surface area contributed by atoms with Gasteiger partial charge in [0.1, 0.15) is 5.82 Å². The number of allylic oxidation sites excluding steroid dienone is 3. The predicted molar refractivity (Wildman–Crippen MR) is 117 cm³/mol. The molecule has 0 fully saturated rings. The number of Topliss-reactive ketones (excluding diaryl/α,β-unsaturated/α-hetero) is 1. The quantitative estimate of drug-likeness (QED) is 0.720. The fourth-order valence-corrected chi connectivity index (χ4v) is 3.95. The molecule has 1 aromatic rings. The minimum Gasteiger partial charge on any atom is -0.465 e. The summed E-state index contributed by atoms with van der Waals surface area (Å²) in [6.07, 6.45) is 2.83. The van der Waals surface area contributed by atoms with Gasteiger partial charge in [-0.2, -0.15) is 0 Å². The molecule has 0 aromatic heterocycles. The molecule has 0 saturated carbocycles. The van der Waals surface area contributed by atoms with Crippen molar-refractivity contribution in [3.05, 3.63) is 65.1 Å². The molecule has 0 saturated heterocycles. The topological polar surface area (TPSA) is 86.9 Å². The summed E-state index contributed by atoms with van der Waals surface area (Å²) < 4.78 is 0. The van der Waals surface area contributed by atoms with Gasteiger partial charge in [-0.15, -0.1) is 0 Å². The number of amides is 1. The number of fused-ring (bicyclic) bond motifs is 1. The normalized spacial score (nSPS) is 19.0. The maximum absolute atomic E-state index is 12.6. The summed E-state index contributed by atoms with van der Waals surface area (Å²) >= 11 is 5.11. The molecule has 152 valence electrons. The smallest absolute Gasteiger partial charge is 0.412 e. The van der Waals surface area contributed by atoms with E-state index in [2.05, 4.69) is 13.8 Å². The van der Waals surface area contributed by atoms with E-state index in [1.54, 1.807) is 6.08 Å². The van der Waals surface area contributed by atoms with E-state index in [1.165, 1.54) is 11.9 Å². The lowest BCUT2D eigenvalue weighted by atomic mass is 9.79. The Hall–Kier alpha value is -2.93. The van der Waals surface area contributed by atoms with Gasteiger partial charge in [-0.25, -0.2) is 4.79 Å². The summed E-state index contributed by atoms with van der Waals surface area (Å²) in [6, 6.07) is 9.60. The van der Waals surface area contributed by atoms with Crippen LogP contribution in [0.5, 0.6) is 0 Å². The molecule has 1 aliphatic carbocycles. The Labute approximate surface area is 176 Å². The van der Waals surface area contributed by atoms with Crippen molar-refractivity contribution in [1.29, 1.82) is 0 Å². The maximum Gasteiger partial charge on any atom is 0.412 e. The second kappa shape index (κ2) is 8.21. The Balaban J connectivity index is 2.31. The van der Waals surface area contributed by atoms with E-state index in [9.17, 15) is 14.7 Å². The fourth-order valence-electron chi connectivity index (χ4n) is 3.75. The van der Waals surface area contributed by atoms with Gasteiger partial charge < -0.3 is 15.7 Å². The van der Waals surface area contributed by atoms with Gasteiger partial charge in [0.15, 0.2) is 5.78 Å².